The van der Waals surface area contributed by atoms with Gasteiger partial charge in [0.2, 0.25) is 0 Å². The summed E-state index contributed by atoms with van der Waals surface area (Å²) in [5.74, 6) is -0.937. The monoisotopic (exact) mass is 240 g/mol. The molecule has 86 valence electrons. The first-order chi connectivity index (χ1) is 7.59. The van der Waals surface area contributed by atoms with E-state index in [-0.39, 0.29) is 16.6 Å². The molecule has 5 nitrogen and oxygen atoms in total. The van der Waals surface area contributed by atoms with Gasteiger partial charge in [0.25, 0.3) is 5.56 Å². The summed E-state index contributed by atoms with van der Waals surface area (Å²) in [6.07, 6.45) is 5.25. The lowest BCUT2D eigenvalue weighted by molar-refractivity contribution is -0.136. The van der Waals surface area contributed by atoms with E-state index in [0.29, 0.717) is 0 Å². The lowest BCUT2D eigenvalue weighted by Crippen LogP contribution is -2.23. The molecule has 0 saturated heterocycles. The molecule has 0 aromatic carbocycles. The molecule has 0 spiro atoms. The average molecular weight is 240 g/mol. The van der Waals surface area contributed by atoms with E-state index in [1.165, 1.54) is 0 Å². The number of hydrogen-bond acceptors (Lipinski definition) is 4. The fraction of sp³-hybridized carbons (Fsp3) is 0.500. The summed E-state index contributed by atoms with van der Waals surface area (Å²) in [5, 5.41) is 8.38. The Balaban J connectivity index is 2.24. The third-order valence-electron chi connectivity index (χ3n) is 2.41. The van der Waals surface area contributed by atoms with E-state index < -0.39 is 11.2 Å². The highest BCUT2D eigenvalue weighted by atomic mass is 32.2. The van der Waals surface area contributed by atoms with E-state index in [2.05, 4.69) is 4.98 Å². The van der Waals surface area contributed by atoms with Gasteiger partial charge in [0.15, 0.2) is 5.03 Å². The molecular weight excluding hydrogens is 228 g/mol. The molecule has 1 fully saturated rings. The fourth-order valence-electron chi connectivity index (χ4n) is 1.35. The van der Waals surface area contributed by atoms with Gasteiger partial charge >= 0.3 is 5.97 Å². The van der Waals surface area contributed by atoms with Gasteiger partial charge in [-0.25, -0.2) is 4.98 Å². The molecule has 0 amide bonds. The number of carboxylic acids is 1. The van der Waals surface area contributed by atoms with Crippen LogP contribution in [0.25, 0.3) is 0 Å². The van der Waals surface area contributed by atoms with Crippen molar-refractivity contribution in [1.82, 2.24) is 9.55 Å². The van der Waals surface area contributed by atoms with Crippen molar-refractivity contribution in [3.8, 4) is 0 Å². The van der Waals surface area contributed by atoms with Gasteiger partial charge in [-0.1, -0.05) is 11.8 Å². The first-order valence-electron chi connectivity index (χ1n) is 5.06. The molecule has 0 radical (unpaired) electrons. The molecule has 2 rings (SSSR count). The molecule has 6 heteroatoms. The zero-order valence-corrected chi connectivity index (χ0v) is 9.61. The topological polar surface area (TPSA) is 72.2 Å². The summed E-state index contributed by atoms with van der Waals surface area (Å²) in [5.41, 5.74) is -0.178. The molecule has 16 heavy (non-hydrogen) atoms. The molecule has 1 aromatic rings. The Morgan fingerprint density at radius 3 is 2.94 bits per heavy atom. The second-order valence-corrected chi connectivity index (χ2v) is 5.10. The number of nitrogens with zero attached hydrogens (tertiary/aromatic N) is 2. The maximum atomic E-state index is 11.9. The van der Waals surface area contributed by atoms with E-state index in [4.69, 9.17) is 5.11 Å². The second-order valence-electron chi connectivity index (χ2n) is 3.77. The van der Waals surface area contributed by atoms with E-state index in [1.54, 1.807) is 23.9 Å². The zero-order chi connectivity index (χ0) is 11.7. The Morgan fingerprint density at radius 1 is 1.69 bits per heavy atom. The predicted molar refractivity (Wildman–Crippen MR) is 59.7 cm³/mol. The first kappa shape index (κ1) is 11.2. The van der Waals surface area contributed by atoms with Crippen LogP contribution in [0.5, 0.6) is 0 Å². The molecule has 1 N–H and O–H groups in total. The Kier molecular flexibility index (Phi) is 3.00. The van der Waals surface area contributed by atoms with Crippen LogP contribution in [0.3, 0.4) is 0 Å². The van der Waals surface area contributed by atoms with Crippen LogP contribution in [0.4, 0.5) is 0 Å². The number of thioether (sulfide) groups is 1. The molecule has 1 saturated carbocycles. The van der Waals surface area contributed by atoms with Crippen molar-refractivity contribution in [2.75, 3.05) is 0 Å². The maximum absolute atomic E-state index is 11.9. The van der Waals surface area contributed by atoms with Crippen LogP contribution in [-0.2, 0) is 4.79 Å². The van der Waals surface area contributed by atoms with E-state index >= 15 is 0 Å². The molecule has 1 heterocycles. The van der Waals surface area contributed by atoms with Crippen LogP contribution in [0.2, 0.25) is 0 Å². The minimum atomic E-state index is -0.937. The molecule has 1 aliphatic carbocycles. The largest absolute Gasteiger partial charge is 0.480 e. The highest BCUT2D eigenvalue weighted by Crippen LogP contribution is 2.33. The van der Waals surface area contributed by atoms with E-state index in [0.717, 1.165) is 24.6 Å². The molecule has 0 bridgehead atoms. The predicted octanol–water partition coefficient (Wildman–Crippen LogP) is 1.14. The van der Waals surface area contributed by atoms with Crippen LogP contribution in [0.1, 0.15) is 25.8 Å². The number of aromatic nitrogens is 2. The van der Waals surface area contributed by atoms with Crippen LogP contribution in [0, 0.1) is 0 Å². The van der Waals surface area contributed by atoms with Crippen molar-refractivity contribution >= 4 is 17.7 Å². The second kappa shape index (κ2) is 4.29. The minimum absolute atomic E-state index is 0.178. The molecule has 1 unspecified atom stereocenters. The van der Waals surface area contributed by atoms with Gasteiger partial charge in [0.05, 0.1) is 0 Å². The molecule has 1 atom stereocenters. The highest BCUT2D eigenvalue weighted by molar-refractivity contribution is 8.00. The van der Waals surface area contributed by atoms with Gasteiger partial charge < -0.3 is 9.67 Å². The number of carbonyl (C=O) groups is 1. The fourth-order valence-corrected chi connectivity index (χ4v) is 2.11. The summed E-state index contributed by atoms with van der Waals surface area (Å²) < 4.78 is 1.64. The van der Waals surface area contributed by atoms with Crippen LogP contribution >= 0.6 is 11.8 Å². The molecule has 1 aromatic heterocycles. The summed E-state index contributed by atoms with van der Waals surface area (Å²) in [6.45, 7) is 1.54. The van der Waals surface area contributed by atoms with Crippen LogP contribution < -0.4 is 5.56 Å². The van der Waals surface area contributed by atoms with Gasteiger partial charge in [0, 0.05) is 18.4 Å². The van der Waals surface area contributed by atoms with Crippen molar-refractivity contribution < 1.29 is 9.90 Å². The van der Waals surface area contributed by atoms with Crippen molar-refractivity contribution in [3.63, 3.8) is 0 Å². The SMILES string of the molecule is CC(Sc1nccn(C2CC2)c1=O)C(=O)O. The van der Waals surface area contributed by atoms with Gasteiger partial charge in [-0.3, -0.25) is 9.59 Å². The molecular formula is C10H12N2O3S. The summed E-state index contributed by atoms with van der Waals surface area (Å²) in [4.78, 5) is 26.5. The Morgan fingerprint density at radius 2 is 2.38 bits per heavy atom. The van der Waals surface area contributed by atoms with Crippen LogP contribution in [0.15, 0.2) is 22.2 Å². The van der Waals surface area contributed by atoms with Crippen LogP contribution in [-0.4, -0.2) is 25.9 Å². The molecule has 0 aliphatic heterocycles. The third-order valence-corrected chi connectivity index (χ3v) is 3.47. The lowest BCUT2D eigenvalue weighted by atomic mass is 10.5. The standard InChI is InChI=1S/C10H12N2O3S/c1-6(10(14)15)16-8-9(13)12(5-4-11-8)7-2-3-7/h4-7H,2-3H2,1H3,(H,14,15). The number of hydrogen-bond donors (Lipinski definition) is 1. The average Bonchev–Trinajstić information content (AvgIpc) is 3.04. The van der Waals surface area contributed by atoms with Crippen molar-refractivity contribution in [3.05, 3.63) is 22.7 Å². The van der Waals surface area contributed by atoms with Gasteiger partial charge in [-0.05, 0) is 19.8 Å². The van der Waals surface area contributed by atoms with Gasteiger partial charge in [-0.15, -0.1) is 0 Å². The van der Waals surface area contributed by atoms with Gasteiger partial charge in [0.1, 0.15) is 5.25 Å². The summed E-state index contributed by atoms with van der Waals surface area (Å²) in [7, 11) is 0. The summed E-state index contributed by atoms with van der Waals surface area (Å²) in [6, 6.07) is 0.287. The van der Waals surface area contributed by atoms with Crippen molar-refractivity contribution in [2.24, 2.45) is 0 Å². The Bertz CT molecular complexity index is 467. The maximum Gasteiger partial charge on any atom is 0.316 e. The first-order valence-corrected chi connectivity index (χ1v) is 5.94. The lowest BCUT2D eigenvalue weighted by Gasteiger charge is -2.07. The summed E-state index contributed by atoms with van der Waals surface area (Å²) >= 11 is 0.994. The smallest absolute Gasteiger partial charge is 0.316 e. The normalized spacial score (nSPS) is 17.1. The van der Waals surface area contributed by atoms with E-state index in [1.807, 2.05) is 0 Å². The minimum Gasteiger partial charge on any atom is -0.480 e. The third kappa shape index (κ3) is 2.27. The highest BCUT2D eigenvalue weighted by Gasteiger charge is 2.26. The van der Waals surface area contributed by atoms with E-state index in [9.17, 15) is 9.59 Å². The number of rotatable bonds is 4. The number of aliphatic carboxylic acids is 1. The Hall–Kier alpha value is -1.30. The zero-order valence-electron chi connectivity index (χ0n) is 8.79. The van der Waals surface area contributed by atoms with Crippen molar-refractivity contribution in [2.45, 2.75) is 36.1 Å². The Labute approximate surface area is 96.5 Å². The quantitative estimate of drug-likeness (QED) is 0.799. The van der Waals surface area contributed by atoms with Crippen molar-refractivity contribution in [1.29, 1.82) is 0 Å². The molecule has 1 aliphatic rings. The number of carboxylic acid groups (broad SMARTS) is 1. The van der Waals surface area contributed by atoms with Gasteiger partial charge in [-0.2, -0.15) is 0 Å².